The number of hydrogen-bond donors (Lipinski definition) is 2. The highest BCUT2D eigenvalue weighted by Gasteiger charge is 2.30. The smallest absolute Gasteiger partial charge is 0.318 e. The van der Waals surface area contributed by atoms with Crippen molar-refractivity contribution in [1.29, 1.82) is 0 Å². The summed E-state index contributed by atoms with van der Waals surface area (Å²) < 4.78 is 28.4. The summed E-state index contributed by atoms with van der Waals surface area (Å²) in [5.74, 6) is -2.78. The summed E-state index contributed by atoms with van der Waals surface area (Å²) in [6.45, 7) is 6.50. The maximum atomic E-state index is 13.6. The fourth-order valence-electron chi connectivity index (χ4n) is 3.00. The quantitative estimate of drug-likeness (QED) is 0.841. The van der Waals surface area contributed by atoms with Crippen LogP contribution in [0.25, 0.3) is 11.3 Å². The number of benzene rings is 1. The van der Waals surface area contributed by atoms with Crippen molar-refractivity contribution < 1.29 is 18.4 Å². The van der Waals surface area contributed by atoms with Crippen molar-refractivity contribution in [3.8, 4) is 11.3 Å². The van der Waals surface area contributed by atoms with Crippen LogP contribution in [-0.2, 0) is 13.1 Å². The summed E-state index contributed by atoms with van der Waals surface area (Å²) in [4.78, 5) is 26.1. The molecule has 1 aromatic carbocycles. The third-order valence-corrected chi connectivity index (χ3v) is 4.19. The molecule has 2 heterocycles. The predicted molar refractivity (Wildman–Crippen MR) is 94.8 cm³/mol. The van der Waals surface area contributed by atoms with E-state index in [0.29, 0.717) is 18.8 Å². The molecular weight excluding hydrogens is 356 g/mol. The molecule has 0 atom stereocenters. The van der Waals surface area contributed by atoms with Crippen molar-refractivity contribution in [1.82, 2.24) is 20.0 Å². The van der Waals surface area contributed by atoms with Gasteiger partial charge < -0.3 is 16.0 Å². The number of nitrogens with zero attached hydrogens (tertiary/aromatic N) is 3. The zero-order chi connectivity index (χ0) is 19.9. The number of fused-ring (bicyclic) bond motifs is 1. The monoisotopic (exact) mass is 377 g/mol. The van der Waals surface area contributed by atoms with Crippen LogP contribution in [0.2, 0.25) is 0 Å². The van der Waals surface area contributed by atoms with Gasteiger partial charge >= 0.3 is 6.03 Å². The number of nitrogens with two attached hydrogens (primary N) is 1. The van der Waals surface area contributed by atoms with E-state index in [1.165, 1.54) is 6.07 Å². The van der Waals surface area contributed by atoms with Crippen molar-refractivity contribution in [3.05, 3.63) is 41.1 Å². The highest BCUT2D eigenvalue weighted by molar-refractivity contribution is 6.00. The van der Waals surface area contributed by atoms with E-state index in [1.807, 2.05) is 20.8 Å². The molecule has 3 amide bonds. The number of rotatable bonds is 2. The van der Waals surface area contributed by atoms with Crippen LogP contribution >= 0.6 is 0 Å². The summed E-state index contributed by atoms with van der Waals surface area (Å²) in [5.41, 5.74) is 6.12. The average Bonchev–Trinajstić information content (AvgIpc) is 2.94. The van der Waals surface area contributed by atoms with Crippen LogP contribution in [0, 0.1) is 11.6 Å². The SMILES string of the molecule is CC(C)(C)NC(=O)N1CCn2nc(-c3ccc(F)c(F)c3)c(C(N)=O)c2C1. The number of carbonyl (C=O) groups excluding carboxylic acids is 2. The van der Waals surface area contributed by atoms with Gasteiger partial charge in [-0.1, -0.05) is 0 Å². The van der Waals surface area contributed by atoms with Crippen molar-refractivity contribution in [3.63, 3.8) is 0 Å². The molecule has 0 bridgehead atoms. The molecule has 0 aliphatic carbocycles. The third kappa shape index (κ3) is 3.76. The number of primary amides is 1. The van der Waals surface area contributed by atoms with Crippen LogP contribution in [0.5, 0.6) is 0 Å². The number of carbonyl (C=O) groups is 2. The molecule has 0 unspecified atom stereocenters. The van der Waals surface area contributed by atoms with Crippen molar-refractivity contribution in [2.45, 2.75) is 39.4 Å². The lowest BCUT2D eigenvalue weighted by Crippen LogP contribution is -2.50. The van der Waals surface area contributed by atoms with Crippen molar-refractivity contribution in [2.75, 3.05) is 6.54 Å². The van der Waals surface area contributed by atoms with E-state index in [2.05, 4.69) is 10.4 Å². The molecule has 0 saturated heterocycles. The van der Waals surface area contributed by atoms with E-state index in [-0.39, 0.29) is 29.4 Å². The Morgan fingerprint density at radius 3 is 2.48 bits per heavy atom. The largest absolute Gasteiger partial charge is 0.365 e. The number of hydrogen-bond acceptors (Lipinski definition) is 3. The summed E-state index contributed by atoms with van der Waals surface area (Å²) in [7, 11) is 0. The molecule has 1 aliphatic rings. The summed E-state index contributed by atoms with van der Waals surface area (Å²) in [6.07, 6.45) is 0. The minimum atomic E-state index is -1.04. The van der Waals surface area contributed by atoms with Gasteiger partial charge in [0.1, 0.15) is 5.69 Å². The lowest BCUT2D eigenvalue weighted by atomic mass is 10.0. The maximum Gasteiger partial charge on any atom is 0.318 e. The van der Waals surface area contributed by atoms with Crippen LogP contribution in [0.4, 0.5) is 13.6 Å². The lowest BCUT2D eigenvalue weighted by Gasteiger charge is -2.31. The van der Waals surface area contributed by atoms with Crippen molar-refractivity contribution >= 4 is 11.9 Å². The molecule has 0 fully saturated rings. The lowest BCUT2D eigenvalue weighted by molar-refractivity contribution is 0.0997. The Bertz CT molecular complexity index is 917. The van der Waals surface area contributed by atoms with Gasteiger partial charge in [-0.2, -0.15) is 5.10 Å². The van der Waals surface area contributed by atoms with Gasteiger partial charge in [0.05, 0.1) is 24.3 Å². The van der Waals surface area contributed by atoms with Gasteiger partial charge in [-0.25, -0.2) is 13.6 Å². The molecule has 144 valence electrons. The number of aromatic nitrogens is 2. The zero-order valence-electron chi connectivity index (χ0n) is 15.3. The first-order valence-corrected chi connectivity index (χ1v) is 8.49. The minimum Gasteiger partial charge on any atom is -0.365 e. The molecule has 1 aliphatic heterocycles. The maximum absolute atomic E-state index is 13.6. The molecular formula is C18H21F2N5O2. The van der Waals surface area contributed by atoms with E-state index in [1.54, 1.807) is 9.58 Å². The molecule has 0 radical (unpaired) electrons. The standard InChI is InChI=1S/C18H21F2N5O2/c1-18(2,3)22-17(27)24-6-7-25-13(9-24)14(16(21)26)15(23-25)10-4-5-11(19)12(20)8-10/h4-5,8H,6-7,9H2,1-3H3,(H2,21,26)(H,22,27). The number of amides is 3. The van der Waals surface area contributed by atoms with Crippen LogP contribution < -0.4 is 11.1 Å². The van der Waals surface area contributed by atoms with Crippen LogP contribution in [0.3, 0.4) is 0 Å². The minimum absolute atomic E-state index is 0.106. The van der Waals surface area contributed by atoms with E-state index < -0.39 is 23.1 Å². The molecule has 2 aromatic rings. The molecule has 9 heteroatoms. The van der Waals surface area contributed by atoms with Crippen LogP contribution in [-0.4, -0.2) is 38.7 Å². The second-order valence-electron chi connectivity index (χ2n) is 7.49. The van der Waals surface area contributed by atoms with Gasteiger partial charge in [-0.3, -0.25) is 9.48 Å². The first kappa shape index (κ1) is 18.8. The molecule has 0 spiro atoms. The fraction of sp³-hybridized carbons (Fsp3) is 0.389. The van der Waals surface area contributed by atoms with E-state index in [0.717, 1.165) is 12.1 Å². The Morgan fingerprint density at radius 2 is 1.89 bits per heavy atom. The Balaban J connectivity index is 1.99. The van der Waals surface area contributed by atoms with E-state index in [9.17, 15) is 18.4 Å². The van der Waals surface area contributed by atoms with Crippen molar-refractivity contribution in [2.24, 2.45) is 5.73 Å². The molecule has 27 heavy (non-hydrogen) atoms. The first-order chi connectivity index (χ1) is 12.6. The second kappa shape index (κ2) is 6.64. The average molecular weight is 377 g/mol. The number of halogens is 2. The normalized spacial score (nSPS) is 14.0. The van der Waals surface area contributed by atoms with Gasteiger partial charge in [0.2, 0.25) is 0 Å². The second-order valence-corrected chi connectivity index (χ2v) is 7.49. The topological polar surface area (TPSA) is 93.2 Å². The first-order valence-electron chi connectivity index (χ1n) is 8.49. The van der Waals surface area contributed by atoms with Gasteiger partial charge in [0.15, 0.2) is 11.6 Å². The molecule has 0 saturated carbocycles. The fourth-order valence-corrected chi connectivity index (χ4v) is 3.00. The van der Waals surface area contributed by atoms with Crippen LogP contribution in [0.1, 0.15) is 36.8 Å². The van der Waals surface area contributed by atoms with E-state index >= 15 is 0 Å². The Hall–Kier alpha value is -2.97. The van der Waals surface area contributed by atoms with Gasteiger partial charge in [-0.05, 0) is 39.0 Å². The molecule has 7 nitrogen and oxygen atoms in total. The number of urea groups is 1. The highest BCUT2D eigenvalue weighted by atomic mass is 19.2. The highest BCUT2D eigenvalue weighted by Crippen LogP contribution is 2.29. The molecule has 3 rings (SSSR count). The Morgan fingerprint density at radius 1 is 1.19 bits per heavy atom. The Kier molecular flexibility index (Phi) is 4.63. The van der Waals surface area contributed by atoms with Gasteiger partial charge in [0, 0.05) is 17.6 Å². The third-order valence-electron chi connectivity index (χ3n) is 4.19. The van der Waals surface area contributed by atoms with E-state index in [4.69, 9.17) is 5.73 Å². The van der Waals surface area contributed by atoms with Gasteiger partial charge in [0.25, 0.3) is 5.91 Å². The molecule has 3 N–H and O–H groups in total. The number of nitrogens with one attached hydrogen (secondary N) is 1. The van der Waals surface area contributed by atoms with Crippen LogP contribution in [0.15, 0.2) is 18.2 Å². The summed E-state index contributed by atoms with van der Waals surface area (Å²) in [6, 6.07) is 3.01. The summed E-state index contributed by atoms with van der Waals surface area (Å²) >= 11 is 0. The zero-order valence-corrected chi connectivity index (χ0v) is 15.3. The van der Waals surface area contributed by atoms with Gasteiger partial charge in [-0.15, -0.1) is 0 Å². The summed E-state index contributed by atoms with van der Waals surface area (Å²) in [5, 5.41) is 7.22. The Labute approximate surface area is 155 Å². The predicted octanol–water partition coefficient (Wildman–Crippen LogP) is 2.25. The molecule has 1 aromatic heterocycles.